The van der Waals surface area contributed by atoms with Crippen LogP contribution in [0.25, 0.3) is 0 Å². The van der Waals surface area contributed by atoms with E-state index in [-0.39, 0.29) is 11.8 Å². The highest BCUT2D eigenvalue weighted by molar-refractivity contribution is 6.30. The Kier molecular flexibility index (Phi) is 5.02. The van der Waals surface area contributed by atoms with Gasteiger partial charge in [0.2, 0.25) is 5.91 Å². The van der Waals surface area contributed by atoms with Crippen molar-refractivity contribution in [2.24, 2.45) is 5.92 Å². The molecule has 2 aliphatic rings. The van der Waals surface area contributed by atoms with Crippen LogP contribution in [0.4, 0.5) is 5.69 Å². The highest BCUT2D eigenvalue weighted by Crippen LogP contribution is 2.30. The predicted octanol–water partition coefficient (Wildman–Crippen LogP) is 3.81. The zero-order valence-electron chi connectivity index (χ0n) is 14.7. The number of ether oxygens (including phenoxy) is 1. The van der Waals surface area contributed by atoms with Crippen LogP contribution in [-0.2, 0) is 17.8 Å². The van der Waals surface area contributed by atoms with Crippen molar-refractivity contribution in [2.45, 2.75) is 25.8 Å². The highest BCUT2D eigenvalue weighted by atomic mass is 35.5. The molecule has 0 aromatic heterocycles. The number of nitrogens with zero attached hydrogens (tertiary/aromatic N) is 1. The first-order valence-corrected chi connectivity index (χ1v) is 9.60. The number of carbonyl (C=O) groups is 1. The lowest BCUT2D eigenvalue weighted by Crippen LogP contribution is -2.37. The molecule has 0 spiro atoms. The zero-order valence-corrected chi connectivity index (χ0v) is 15.5. The molecular weight excluding hydrogens is 348 g/mol. The molecular formula is C21H23ClN2O2. The van der Waals surface area contributed by atoms with Crippen LogP contribution in [0.5, 0.6) is 5.75 Å². The van der Waals surface area contributed by atoms with Crippen LogP contribution in [0.1, 0.15) is 24.0 Å². The van der Waals surface area contributed by atoms with Crippen molar-refractivity contribution in [2.75, 3.05) is 24.6 Å². The number of fused-ring (bicyclic) bond motifs is 1. The molecule has 1 N–H and O–H groups in total. The minimum atomic E-state index is -0.176. The summed E-state index contributed by atoms with van der Waals surface area (Å²) in [6.07, 6.45) is 3.21. The summed E-state index contributed by atoms with van der Waals surface area (Å²) in [4.78, 5) is 14.9. The quantitative estimate of drug-likeness (QED) is 0.889. The first kappa shape index (κ1) is 17.2. The SMILES string of the molecule is O=C(NCc1ccc(N2CCCC2)cc1)C1COc2ccc(Cl)cc2C1. The number of rotatable bonds is 4. The van der Waals surface area contributed by atoms with E-state index in [0.717, 1.165) is 30.0 Å². The summed E-state index contributed by atoms with van der Waals surface area (Å²) in [6.45, 7) is 3.24. The van der Waals surface area contributed by atoms with Gasteiger partial charge in [0, 0.05) is 30.3 Å². The van der Waals surface area contributed by atoms with Gasteiger partial charge >= 0.3 is 0 Å². The van der Waals surface area contributed by atoms with Crippen molar-refractivity contribution in [1.29, 1.82) is 0 Å². The van der Waals surface area contributed by atoms with Gasteiger partial charge in [0.1, 0.15) is 12.4 Å². The fourth-order valence-corrected chi connectivity index (χ4v) is 3.86. The van der Waals surface area contributed by atoms with Crippen LogP contribution in [-0.4, -0.2) is 25.6 Å². The summed E-state index contributed by atoms with van der Waals surface area (Å²) in [5.41, 5.74) is 3.38. The topological polar surface area (TPSA) is 41.6 Å². The van der Waals surface area contributed by atoms with Crippen LogP contribution in [0.2, 0.25) is 5.02 Å². The molecule has 2 heterocycles. The van der Waals surface area contributed by atoms with Gasteiger partial charge < -0.3 is 15.0 Å². The third kappa shape index (κ3) is 3.80. The van der Waals surface area contributed by atoms with E-state index in [1.54, 1.807) is 0 Å². The van der Waals surface area contributed by atoms with Crippen LogP contribution in [0, 0.1) is 5.92 Å². The molecule has 1 saturated heterocycles. The standard InChI is InChI=1S/C21H23ClN2O2/c22-18-5-8-20-16(12-18)11-17(14-26-20)21(25)23-13-15-3-6-19(7-4-15)24-9-1-2-10-24/h3-8,12,17H,1-2,9-11,13-14H2,(H,23,25). The van der Waals surface area contributed by atoms with Crippen molar-refractivity contribution < 1.29 is 9.53 Å². The van der Waals surface area contributed by atoms with Gasteiger partial charge in [-0.2, -0.15) is 0 Å². The Morgan fingerprint density at radius 2 is 1.92 bits per heavy atom. The maximum atomic E-state index is 12.5. The van der Waals surface area contributed by atoms with E-state index in [1.165, 1.54) is 18.5 Å². The fourth-order valence-electron chi connectivity index (χ4n) is 3.66. The molecule has 136 valence electrons. The normalized spacial score (nSPS) is 19.0. The maximum Gasteiger partial charge on any atom is 0.227 e. The van der Waals surface area contributed by atoms with Crippen LogP contribution < -0.4 is 15.0 Å². The zero-order chi connectivity index (χ0) is 17.9. The third-order valence-electron chi connectivity index (χ3n) is 5.17. The molecule has 5 heteroatoms. The van der Waals surface area contributed by atoms with Crippen molar-refractivity contribution in [1.82, 2.24) is 5.32 Å². The van der Waals surface area contributed by atoms with E-state index in [2.05, 4.69) is 34.5 Å². The Bertz CT molecular complexity index is 785. The summed E-state index contributed by atoms with van der Waals surface area (Å²) >= 11 is 6.05. The monoisotopic (exact) mass is 370 g/mol. The lowest BCUT2D eigenvalue weighted by Gasteiger charge is -2.24. The second kappa shape index (κ2) is 7.58. The molecule has 0 saturated carbocycles. The maximum absolute atomic E-state index is 12.5. The Morgan fingerprint density at radius 1 is 1.15 bits per heavy atom. The number of amides is 1. The van der Waals surface area contributed by atoms with E-state index in [1.807, 2.05) is 18.2 Å². The number of nitrogens with one attached hydrogen (secondary N) is 1. The molecule has 1 unspecified atom stereocenters. The van der Waals surface area contributed by atoms with Gasteiger partial charge in [-0.15, -0.1) is 0 Å². The van der Waals surface area contributed by atoms with Crippen molar-refractivity contribution in [3.05, 3.63) is 58.6 Å². The summed E-state index contributed by atoms with van der Waals surface area (Å²) in [6, 6.07) is 14.1. The molecule has 2 aliphatic heterocycles. The number of carbonyl (C=O) groups excluding carboxylic acids is 1. The molecule has 2 aromatic rings. The Balaban J connectivity index is 1.32. The number of halogens is 1. The molecule has 1 atom stereocenters. The second-order valence-corrected chi connectivity index (χ2v) is 7.48. The Morgan fingerprint density at radius 3 is 2.69 bits per heavy atom. The number of anilines is 1. The average Bonchev–Trinajstić information content (AvgIpc) is 3.20. The van der Waals surface area contributed by atoms with Crippen molar-refractivity contribution in [3.63, 3.8) is 0 Å². The van der Waals surface area contributed by atoms with Gasteiger partial charge in [-0.1, -0.05) is 23.7 Å². The van der Waals surface area contributed by atoms with E-state index in [4.69, 9.17) is 16.3 Å². The highest BCUT2D eigenvalue weighted by Gasteiger charge is 2.26. The minimum Gasteiger partial charge on any atom is -0.492 e. The first-order chi connectivity index (χ1) is 12.7. The minimum absolute atomic E-state index is 0.0271. The second-order valence-electron chi connectivity index (χ2n) is 7.04. The van der Waals surface area contributed by atoms with Gasteiger partial charge in [0.25, 0.3) is 0 Å². The molecule has 1 fully saturated rings. The molecule has 0 aliphatic carbocycles. The number of hydrogen-bond acceptors (Lipinski definition) is 3. The van der Waals surface area contributed by atoms with Gasteiger partial charge in [0.15, 0.2) is 0 Å². The first-order valence-electron chi connectivity index (χ1n) is 9.22. The lowest BCUT2D eigenvalue weighted by atomic mass is 9.96. The van der Waals surface area contributed by atoms with E-state index in [0.29, 0.717) is 24.6 Å². The van der Waals surface area contributed by atoms with Gasteiger partial charge in [0.05, 0.1) is 5.92 Å². The van der Waals surface area contributed by atoms with E-state index in [9.17, 15) is 4.79 Å². The number of hydrogen-bond donors (Lipinski definition) is 1. The van der Waals surface area contributed by atoms with Crippen molar-refractivity contribution in [3.8, 4) is 5.75 Å². The van der Waals surface area contributed by atoms with E-state index < -0.39 is 0 Å². The largest absolute Gasteiger partial charge is 0.492 e. The molecule has 0 radical (unpaired) electrons. The fraction of sp³-hybridized carbons (Fsp3) is 0.381. The molecule has 1 amide bonds. The van der Waals surface area contributed by atoms with Crippen LogP contribution in [0.3, 0.4) is 0 Å². The molecule has 26 heavy (non-hydrogen) atoms. The molecule has 0 bridgehead atoms. The van der Waals surface area contributed by atoms with Gasteiger partial charge in [-0.05, 0) is 60.7 Å². The molecule has 2 aromatic carbocycles. The Hall–Kier alpha value is -2.20. The predicted molar refractivity (Wildman–Crippen MR) is 104 cm³/mol. The molecule has 4 nitrogen and oxygen atoms in total. The summed E-state index contributed by atoms with van der Waals surface area (Å²) < 4.78 is 5.71. The van der Waals surface area contributed by atoms with Crippen molar-refractivity contribution >= 4 is 23.2 Å². The summed E-state index contributed by atoms with van der Waals surface area (Å²) in [5, 5.41) is 3.71. The summed E-state index contributed by atoms with van der Waals surface area (Å²) in [7, 11) is 0. The van der Waals surface area contributed by atoms with E-state index >= 15 is 0 Å². The smallest absolute Gasteiger partial charge is 0.227 e. The Labute approximate surface area is 159 Å². The third-order valence-corrected chi connectivity index (χ3v) is 5.41. The van der Waals surface area contributed by atoms with Gasteiger partial charge in [-0.3, -0.25) is 4.79 Å². The molecule has 4 rings (SSSR count). The lowest BCUT2D eigenvalue weighted by molar-refractivity contribution is -0.126. The van der Waals surface area contributed by atoms with Crippen LogP contribution >= 0.6 is 11.6 Å². The summed E-state index contributed by atoms with van der Waals surface area (Å²) in [5.74, 6) is 0.681. The average molecular weight is 371 g/mol. The number of benzene rings is 2. The van der Waals surface area contributed by atoms with Gasteiger partial charge in [-0.25, -0.2) is 0 Å². The van der Waals surface area contributed by atoms with Crippen LogP contribution in [0.15, 0.2) is 42.5 Å².